The molecule has 0 bridgehead atoms. The summed E-state index contributed by atoms with van der Waals surface area (Å²) in [7, 11) is 0. The molecular formula is C8H6Cl2NO2. The second-order valence-electron chi connectivity index (χ2n) is 2.23. The fourth-order valence-corrected chi connectivity index (χ4v) is 1.25. The molecule has 5 heteroatoms. The van der Waals surface area contributed by atoms with Crippen LogP contribution in [0.3, 0.4) is 0 Å². The molecule has 0 heterocycles. The molecule has 0 fully saturated rings. The van der Waals surface area contributed by atoms with Gasteiger partial charge in [-0.2, -0.15) is 0 Å². The highest BCUT2D eigenvalue weighted by Gasteiger charge is 2.00. The molecule has 0 aliphatic rings. The van der Waals surface area contributed by atoms with Gasteiger partial charge in [0.25, 0.3) is 0 Å². The minimum absolute atomic E-state index is 0.186. The molecule has 69 valence electrons. The van der Waals surface area contributed by atoms with Crippen LogP contribution < -0.4 is 5.48 Å². The third-order valence-electron chi connectivity index (χ3n) is 1.36. The van der Waals surface area contributed by atoms with Gasteiger partial charge in [0.15, 0.2) is 0 Å². The summed E-state index contributed by atoms with van der Waals surface area (Å²) in [5, 5.41) is 1.06. The van der Waals surface area contributed by atoms with Crippen molar-refractivity contribution in [2.75, 3.05) is 0 Å². The van der Waals surface area contributed by atoms with Crippen molar-refractivity contribution in [3.63, 3.8) is 0 Å². The summed E-state index contributed by atoms with van der Waals surface area (Å²) in [4.78, 5) is 14.4. The molecule has 1 aromatic rings. The first-order valence-corrected chi connectivity index (χ1v) is 4.17. The first-order chi connectivity index (χ1) is 6.24. The maximum Gasteiger partial charge on any atom is 0.335 e. The first kappa shape index (κ1) is 10.3. The topological polar surface area (TPSA) is 38.3 Å². The van der Waals surface area contributed by atoms with Gasteiger partial charge in [-0.1, -0.05) is 29.3 Å². The SMILES string of the molecule is O=[C]NOCc1ccc(Cl)cc1Cl. The molecule has 1 rings (SSSR count). The number of halogens is 2. The molecule has 0 atom stereocenters. The van der Waals surface area contributed by atoms with Crippen molar-refractivity contribution in [1.29, 1.82) is 0 Å². The third kappa shape index (κ3) is 3.22. The van der Waals surface area contributed by atoms with E-state index in [9.17, 15) is 4.79 Å². The second kappa shape index (κ2) is 5.07. The number of benzene rings is 1. The van der Waals surface area contributed by atoms with Crippen molar-refractivity contribution < 1.29 is 9.63 Å². The van der Waals surface area contributed by atoms with Gasteiger partial charge in [-0.25, -0.2) is 5.48 Å². The van der Waals surface area contributed by atoms with Crippen LogP contribution in [-0.4, -0.2) is 6.41 Å². The largest absolute Gasteiger partial charge is 0.335 e. The second-order valence-corrected chi connectivity index (χ2v) is 3.07. The third-order valence-corrected chi connectivity index (χ3v) is 1.94. The Bertz CT molecular complexity index is 304. The minimum Gasteiger partial charge on any atom is -0.268 e. The predicted octanol–water partition coefficient (Wildman–Crippen LogP) is 2.08. The highest BCUT2D eigenvalue weighted by molar-refractivity contribution is 6.35. The molecule has 1 radical (unpaired) electrons. The van der Waals surface area contributed by atoms with E-state index in [1.165, 1.54) is 6.41 Å². The Hall–Kier alpha value is -0.770. The van der Waals surface area contributed by atoms with E-state index in [2.05, 4.69) is 4.84 Å². The lowest BCUT2D eigenvalue weighted by Gasteiger charge is -2.03. The standard InChI is InChI=1S/C8H6Cl2NO2/c9-7-2-1-6(8(10)3-7)4-13-11-5-12/h1-3H,4H2,(H,11,12). The fourth-order valence-electron chi connectivity index (χ4n) is 0.782. The van der Waals surface area contributed by atoms with E-state index in [0.717, 1.165) is 5.56 Å². The number of rotatable bonds is 4. The van der Waals surface area contributed by atoms with E-state index >= 15 is 0 Å². The van der Waals surface area contributed by atoms with Crippen LogP contribution in [0.25, 0.3) is 0 Å². The zero-order chi connectivity index (χ0) is 9.68. The van der Waals surface area contributed by atoms with Gasteiger partial charge in [-0.3, -0.25) is 9.63 Å². The van der Waals surface area contributed by atoms with Crippen LogP contribution >= 0.6 is 23.2 Å². The Kier molecular flexibility index (Phi) is 4.02. The maximum atomic E-state index is 9.72. The summed E-state index contributed by atoms with van der Waals surface area (Å²) in [6, 6.07) is 5.01. The Morgan fingerprint density at radius 2 is 2.23 bits per heavy atom. The number of carbonyl (C=O) groups excluding carboxylic acids is 1. The molecule has 0 aliphatic heterocycles. The van der Waals surface area contributed by atoms with E-state index in [-0.39, 0.29) is 6.61 Å². The summed E-state index contributed by atoms with van der Waals surface area (Å²) in [5.41, 5.74) is 2.69. The smallest absolute Gasteiger partial charge is 0.268 e. The Morgan fingerprint density at radius 3 is 2.85 bits per heavy atom. The summed E-state index contributed by atoms with van der Waals surface area (Å²) in [6.45, 7) is 0.186. The molecule has 1 aromatic carbocycles. The van der Waals surface area contributed by atoms with E-state index in [1.54, 1.807) is 18.2 Å². The van der Waals surface area contributed by atoms with Crippen molar-refractivity contribution >= 4 is 29.6 Å². The highest BCUT2D eigenvalue weighted by Crippen LogP contribution is 2.21. The maximum absolute atomic E-state index is 9.72. The van der Waals surface area contributed by atoms with Crippen LogP contribution in [0, 0.1) is 0 Å². The van der Waals surface area contributed by atoms with E-state index in [0.29, 0.717) is 10.0 Å². The van der Waals surface area contributed by atoms with Gasteiger partial charge >= 0.3 is 6.41 Å². The summed E-state index contributed by atoms with van der Waals surface area (Å²) in [6.07, 6.45) is 1.38. The lowest BCUT2D eigenvalue weighted by atomic mass is 10.2. The molecule has 1 N–H and O–H groups in total. The van der Waals surface area contributed by atoms with Crippen molar-refractivity contribution in [2.45, 2.75) is 6.61 Å². The Morgan fingerprint density at radius 1 is 1.46 bits per heavy atom. The molecule has 13 heavy (non-hydrogen) atoms. The molecule has 1 amide bonds. The number of amides is 1. The van der Waals surface area contributed by atoms with E-state index in [4.69, 9.17) is 23.2 Å². The first-order valence-electron chi connectivity index (χ1n) is 3.42. The van der Waals surface area contributed by atoms with Crippen molar-refractivity contribution in [1.82, 2.24) is 5.48 Å². The quantitative estimate of drug-likeness (QED) is 0.478. The van der Waals surface area contributed by atoms with Crippen molar-refractivity contribution in [3.8, 4) is 0 Å². The van der Waals surface area contributed by atoms with Gasteiger partial charge in [0.05, 0.1) is 0 Å². The number of hydrogen-bond donors (Lipinski definition) is 1. The lowest BCUT2D eigenvalue weighted by Crippen LogP contribution is -2.11. The van der Waals surface area contributed by atoms with Crippen LogP contribution in [0.15, 0.2) is 18.2 Å². The summed E-state index contributed by atoms with van der Waals surface area (Å²) < 4.78 is 0. The Labute approximate surface area is 85.5 Å². The summed E-state index contributed by atoms with van der Waals surface area (Å²) >= 11 is 11.5. The van der Waals surface area contributed by atoms with Crippen LogP contribution in [0.4, 0.5) is 0 Å². The van der Waals surface area contributed by atoms with Gasteiger partial charge in [0.1, 0.15) is 6.61 Å². The molecule has 0 spiro atoms. The van der Waals surface area contributed by atoms with Gasteiger partial charge in [0, 0.05) is 10.0 Å². The highest BCUT2D eigenvalue weighted by atomic mass is 35.5. The van der Waals surface area contributed by atoms with Crippen molar-refractivity contribution in [3.05, 3.63) is 33.8 Å². The number of nitrogens with one attached hydrogen (secondary N) is 1. The monoisotopic (exact) mass is 218 g/mol. The molecular weight excluding hydrogens is 213 g/mol. The van der Waals surface area contributed by atoms with E-state index < -0.39 is 0 Å². The zero-order valence-electron chi connectivity index (χ0n) is 6.51. The summed E-state index contributed by atoms with van der Waals surface area (Å²) in [5.74, 6) is 0. The zero-order valence-corrected chi connectivity index (χ0v) is 8.02. The predicted molar refractivity (Wildman–Crippen MR) is 50.1 cm³/mol. The minimum atomic E-state index is 0.186. The molecule has 0 unspecified atom stereocenters. The van der Waals surface area contributed by atoms with Crippen molar-refractivity contribution in [2.24, 2.45) is 0 Å². The Balaban J connectivity index is 2.61. The van der Waals surface area contributed by atoms with Crippen LogP contribution in [0.2, 0.25) is 10.0 Å². The number of hydroxylamine groups is 1. The molecule has 0 saturated heterocycles. The van der Waals surface area contributed by atoms with Crippen LogP contribution in [0.1, 0.15) is 5.56 Å². The number of hydrogen-bond acceptors (Lipinski definition) is 2. The molecule has 0 aliphatic carbocycles. The average Bonchev–Trinajstić information content (AvgIpc) is 2.09. The normalized spacial score (nSPS) is 9.69. The molecule has 3 nitrogen and oxygen atoms in total. The lowest BCUT2D eigenvalue weighted by molar-refractivity contribution is 0.0692. The van der Waals surface area contributed by atoms with Gasteiger partial charge in [-0.15, -0.1) is 0 Å². The van der Waals surface area contributed by atoms with Crippen LogP contribution in [-0.2, 0) is 16.2 Å². The molecule has 0 aromatic heterocycles. The van der Waals surface area contributed by atoms with E-state index in [1.807, 2.05) is 5.48 Å². The fraction of sp³-hybridized carbons (Fsp3) is 0.125. The average molecular weight is 219 g/mol. The van der Waals surface area contributed by atoms with Crippen LogP contribution in [0.5, 0.6) is 0 Å². The van der Waals surface area contributed by atoms with Gasteiger partial charge in [-0.05, 0) is 17.7 Å². The van der Waals surface area contributed by atoms with Gasteiger partial charge in [0.2, 0.25) is 0 Å². The molecule has 0 saturated carbocycles. The van der Waals surface area contributed by atoms with Gasteiger partial charge < -0.3 is 0 Å².